The van der Waals surface area contributed by atoms with Gasteiger partial charge in [-0.1, -0.05) is 63.9 Å². The Balaban J connectivity index is 2.57. The SMILES string of the molecule is CCCCCOC(=O)C(CC)(CC)C(=O)OCCc1ccccc1. The molecule has 0 unspecified atom stereocenters. The molecule has 0 amide bonds. The van der Waals surface area contributed by atoms with Crippen LogP contribution in [-0.4, -0.2) is 25.2 Å². The van der Waals surface area contributed by atoms with Crippen LogP contribution in [-0.2, 0) is 25.5 Å². The van der Waals surface area contributed by atoms with E-state index in [0.29, 0.717) is 25.9 Å². The van der Waals surface area contributed by atoms with Crippen molar-refractivity contribution in [2.24, 2.45) is 5.41 Å². The van der Waals surface area contributed by atoms with Gasteiger partial charge < -0.3 is 9.47 Å². The fourth-order valence-electron chi connectivity index (χ4n) is 2.61. The van der Waals surface area contributed by atoms with Gasteiger partial charge in [0.2, 0.25) is 0 Å². The molecule has 0 aliphatic rings. The lowest BCUT2D eigenvalue weighted by Crippen LogP contribution is -2.41. The zero-order valence-corrected chi connectivity index (χ0v) is 15.2. The lowest BCUT2D eigenvalue weighted by atomic mass is 9.82. The van der Waals surface area contributed by atoms with Crippen molar-refractivity contribution in [1.82, 2.24) is 0 Å². The maximum absolute atomic E-state index is 12.5. The Morgan fingerprint density at radius 3 is 2.00 bits per heavy atom. The number of benzene rings is 1. The molecule has 0 aromatic heterocycles. The van der Waals surface area contributed by atoms with Crippen LogP contribution in [0.1, 0.15) is 58.4 Å². The van der Waals surface area contributed by atoms with Crippen LogP contribution in [0, 0.1) is 5.41 Å². The molecule has 0 aliphatic carbocycles. The molecule has 1 rings (SSSR count). The van der Waals surface area contributed by atoms with E-state index < -0.39 is 17.4 Å². The van der Waals surface area contributed by atoms with Crippen LogP contribution in [0.4, 0.5) is 0 Å². The summed E-state index contributed by atoms with van der Waals surface area (Å²) >= 11 is 0. The van der Waals surface area contributed by atoms with Gasteiger partial charge in [0.15, 0.2) is 5.41 Å². The molecule has 134 valence electrons. The minimum absolute atomic E-state index is 0.272. The molecular formula is C20H30O4. The Bertz CT molecular complexity index is 492. The van der Waals surface area contributed by atoms with Crippen molar-refractivity contribution in [2.45, 2.75) is 59.3 Å². The largest absolute Gasteiger partial charge is 0.465 e. The van der Waals surface area contributed by atoms with E-state index in [4.69, 9.17) is 9.47 Å². The highest BCUT2D eigenvalue weighted by Gasteiger charge is 2.45. The fraction of sp³-hybridized carbons (Fsp3) is 0.600. The van der Waals surface area contributed by atoms with Crippen LogP contribution in [0.15, 0.2) is 30.3 Å². The minimum atomic E-state index is -1.18. The standard InChI is InChI=1S/C20H30O4/c1-4-7-11-15-23-18(21)20(5-2,6-3)19(22)24-16-14-17-12-9-8-10-13-17/h8-10,12-13H,4-7,11,14-16H2,1-3H3. The van der Waals surface area contributed by atoms with E-state index in [1.807, 2.05) is 44.2 Å². The van der Waals surface area contributed by atoms with Gasteiger partial charge in [0.1, 0.15) is 0 Å². The van der Waals surface area contributed by atoms with E-state index in [1.54, 1.807) is 0 Å². The van der Waals surface area contributed by atoms with Crippen molar-refractivity contribution in [3.8, 4) is 0 Å². The van der Waals surface area contributed by atoms with E-state index in [9.17, 15) is 9.59 Å². The van der Waals surface area contributed by atoms with Gasteiger partial charge in [-0.05, 0) is 24.8 Å². The second-order valence-corrected chi connectivity index (χ2v) is 6.00. The molecule has 1 aromatic carbocycles. The van der Waals surface area contributed by atoms with Gasteiger partial charge in [-0.25, -0.2) is 0 Å². The van der Waals surface area contributed by atoms with Gasteiger partial charge in [0.25, 0.3) is 0 Å². The molecule has 0 radical (unpaired) electrons. The Kier molecular flexibility index (Phi) is 9.13. The molecule has 0 atom stereocenters. The highest BCUT2D eigenvalue weighted by atomic mass is 16.6. The van der Waals surface area contributed by atoms with Gasteiger partial charge >= 0.3 is 11.9 Å². The van der Waals surface area contributed by atoms with Crippen LogP contribution in [0.25, 0.3) is 0 Å². The summed E-state index contributed by atoms with van der Waals surface area (Å²) in [5.41, 5.74) is -0.0749. The smallest absolute Gasteiger partial charge is 0.323 e. The van der Waals surface area contributed by atoms with E-state index in [0.717, 1.165) is 24.8 Å². The normalized spacial score (nSPS) is 11.1. The first kappa shape index (κ1) is 20.2. The third kappa shape index (κ3) is 5.66. The Hall–Kier alpha value is -1.84. The predicted octanol–water partition coefficient (Wildman–Crippen LogP) is 4.31. The second kappa shape index (κ2) is 10.8. The third-order valence-electron chi connectivity index (χ3n) is 4.44. The van der Waals surface area contributed by atoms with E-state index in [1.165, 1.54) is 0 Å². The first-order chi connectivity index (χ1) is 11.6. The van der Waals surface area contributed by atoms with Gasteiger partial charge in [-0.2, -0.15) is 0 Å². The highest BCUT2D eigenvalue weighted by Crippen LogP contribution is 2.30. The van der Waals surface area contributed by atoms with Crippen molar-refractivity contribution in [3.05, 3.63) is 35.9 Å². The molecule has 0 aliphatic heterocycles. The van der Waals surface area contributed by atoms with Crippen LogP contribution in [0.3, 0.4) is 0 Å². The predicted molar refractivity (Wildman–Crippen MR) is 94.6 cm³/mol. The zero-order valence-electron chi connectivity index (χ0n) is 15.2. The molecule has 0 heterocycles. The summed E-state index contributed by atoms with van der Waals surface area (Å²) in [6, 6.07) is 9.83. The fourth-order valence-corrected chi connectivity index (χ4v) is 2.61. The number of esters is 2. The Morgan fingerprint density at radius 1 is 0.875 bits per heavy atom. The average Bonchev–Trinajstić information content (AvgIpc) is 2.61. The number of unbranched alkanes of at least 4 members (excludes halogenated alkanes) is 2. The molecule has 0 spiro atoms. The van der Waals surface area contributed by atoms with E-state index in [-0.39, 0.29) is 6.61 Å². The van der Waals surface area contributed by atoms with E-state index >= 15 is 0 Å². The lowest BCUT2D eigenvalue weighted by Gasteiger charge is -2.27. The van der Waals surface area contributed by atoms with Crippen molar-refractivity contribution >= 4 is 11.9 Å². The maximum Gasteiger partial charge on any atom is 0.323 e. The Labute approximate surface area is 145 Å². The van der Waals surface area contributed by atoms with Gasteiger partial charge in [0.05, 0.1) is 13.2 Å². The van der Waals surface area contributed by atoms with Crippen LogP contribution >= 0.6 is 0 Å². The molecule has 4 nitrogen and oxygen atoms in total. The second-order valence-electron chi connectivity index (χ2n) is 6.00. The zero-order chi connectivity index (χ0) is 17.8. The molecule has 0 saturated heterocycles. The number of ether oxygens (including phenoxy) is 2. The topological polar surface area (TPSA) is 52.6 Å². The van der Waals surface area contributed by atoms with Crippen molar-refractivity contribution < 1.29 is 19.1 Å². The number of hydrogen-bond acceptors (Lipinski definition) is 4. The molecule has 0 fully saturated rings. The summed E-state index contributed by atoms with van der Waals surface area (Å²) in [4.78, 5) is 25.0. The molecule has 1 aromatic rings. The number of hydrogen-bond donors (Lipinski definition) is 0. The maximum atomic E-state index is 12.5. The first-order valence-corrected chi connectivity index (χ1v) is 8.99. The van der Waals surface area contributed by atoms with E-state index in [2.05, 4.69) is 6.92 Å². The molecule has 0 bridgehead atoms. The molecule has 0 saturated carbocycles. The summed E-state index contributed by atoms with van der Waals surface area (Å²) in [6.45, 7) is 6.39. The highest BCUT2D eigenvalue weighted by molar-refractivity contribution is 6.00. The third-order valence-corrected chi connectivity index (χ3v) is 4.44. The number of rotatable bonds is 11. The molecule has 24 heavy (non-hydrogen) atoms. The summed E-state index contributed by atoms with van der Waals surface area (Å²) in [5.74, 6) is -0.919. The quantitative estimate of drug-likeness (QED) is 0.344. The van der Waals surface area contributed by atoms with Crippen LogP contribution < -0.4 is 0 Å². The average molecular weight is 334 g/mol. The summed E-state index contributed by atoms with van der Waals surface area (Å²) < 4.78 is 10.7. The molecule has 4 heteroatoms. The number of carbonyl (C=O) groups excluding carboxylic acids is 2. The van der Waals surface area contributed by atoms with Crippen LogP contribution in [0.2, 0.25) is 0 Å². The number of carbonyl (C=O) groups is 2. The van der Waals surface area contributed by atoms with Crippen molar-refractivity contribution in [2.75, 3.05) is 13.2 Å². The summed E-state index contributed by atoms with van der Waals surface area (Å²) in [7, 11) is 0. The van der Waals surface area contributed by atoms with Gasteiger partial charge in [-0.3, -0.25) is 9.59 Å². The van der Waals surface area contributed by atoms with Gasteiger partial charge in [-0.15, -0.1) is 0 Å². The van der Waals surface area contributed by atoms with Crippen molar-refractivity contribution in [3.63, 3.8) is 0 Å². The first-order valence-electron chi connectivity index (χ1n) is 8.99. The Morgan fingerprint density at radius 2 is 1.46 bits per heavy atom. The molecular weight excluding hydrogens is 304 g/mol. The molecule has 0 N–H and O–H groups in total. The van der Waals surface area contributed by atoms with Gasteiger partial charge in [0, 0.05) is 6.42 Å². The monoisotopic (exact) mass is 334 g/mol. The van der Waals surface area contributed by atoms with Crippen molar-refractivity contribution in [1.29, 1.82) is 0 Å². The minimum Gasteiger partial charge on any atom is -0.465 e. The summed E-state index contributed by atoms with van der Waals surface area (Å²) in [5, 5.41) is 0. The van der Waals surface area contributed by atoms with Crippen LogP contribution in [0.5, 0.6) is 0 Å². The lowest BCUT2D eigenvalue weighted by molar-refractivity contribution is -0.173. The summed E-state index contributed by atoms with van der Waals surface area (Å²) in [6.07, 6.45) is 4.32.